The van der Waals surface area contributed by atoms with E-state index in [2.05, 4.69) is 0 Å². The molecule has 7 heteroatoms. The molecule has 0 spiro atoms. The smallest absolute Gasteiger partial charge is 0.243 e. The Bertz CT molecular complexity index is 518. The van der Waals surface area contributed by atoms with Crippen molar-refractivity contribution in [2.45, 2.75) is 11.3 Å². The average Bonchev–Trinajstić information content (AvgIpc) is 2.42. The van der Waals surface area contributed by atoms with E-state index in [1.54, 1.807) is 0 Å². The minimum atomic E-state index is -3.62. The SMILES string of the molecule is COCCN(CCCN(C)C)S(=O)(=O)c1ccc(F)cc1. The summed E-state index contributed by atoms with van der Waals surface area (Å²) in [7, 11) is 1.79. The molecule has 120 valence electrons. The predicted molar refractivity (Wildman–Crippen MR) is 80.2 cm³/mol. The molecule has 0 amide bonds. The van der Waals surface area contributed by atoms with Crippen molar-refractivity contribution in [2.24, 2.45) is 0 Å². The standard InChI is InChI=1S/C14H23FN2O3S/c1-16(2)9-4-10-17(11-12-20-3)21(18,19)14-7-5-13(15)6-8-14/h5-8H,4,9-12H2,1-3H3. The molecule has 0 bridgehead atoms. The number of hydrogen-bond acceptors (Lipinski definition) is 4. The summed E-state index contributed by atoms with van der Waals surface area (Å²) in [5, 5.41) is 0. The topological polar surface area (TPSA) is 49.9 Å². The second-order valence-electron chi connectivity index (χ2n) is 5.01. The molecule has 0 aromatic heterocycles. The highest BCUT2D eigenvalue weighted by molar-refractivity contribution is 7.89. The molecule has 0 heterocycles. The Kier molecular flexibility index (Phi) is 7.24. The van der Waals surface area contributed by atoms with Gasteiger partial charge in [0.1, 0.15) is 5.82 Å². The summed E-state index contributed by atoms with van der Waals surface area (Å²) >= 11 is 0. The van der Waals surface area contributed by atoms with E-state index < -0.39 is 15.8 Å². The molecule has 0 unspecified atom stereocenters. The van der Waals surface area contributed by atoms with Crippen LogP contribution in [0.15, 0.2) is 29.2 Å². The summed E-state index contributed by atoms with van der Waals surface area (Å²) in [5.74, 6) is -0.454. The van der Waals surface area contributed by atoms with E-state index in [4.69, 9.17) is 4.74 Å². The zero-order chi connectivity index (χ0) is 15.9. The fourth-order valence-electron chi connectivity index (χ4n) is 1.86. The van der Waals surface area contributed by atoms with Crippen LogP contribution in [-0.4, -0.2) is 65.1 Å². The Labute approximate surface area is 126 Å². The normalized spacial score (nSPS) is 12.3. The van der Waals surface area contributed by atoms with Crippen LogP contribution in [0.1, 0.15) is 6.42 Å². The van der Waals surface area contributed by atoms with Crippen LogP contribution >= 0.6 is 0 Å². The number of nitrogens with zero attached hydrogens (tertiary/aromatic N) is 2. The number of sulfonamides is 1. The minimum Gasteiger partial charge on any atom is -0.383 e. The Morgan fingerprint density at radius 3 is 2.24 bits per heavy atom. The Morgan fingerprint density at radius 2 is 1.71 bits per heavy atom. The first-order valence-corrected chi connectivity index (χ1v) is 8.21. The van der Waals surface area contributed by atoms with Crippen LogP contribution in [0.25, 0.3) is 0 Å². The van der Waals surface area contributed by atoms with E-state index in [1.165, 1.54) is 23.5 Å². The molecule has 1 rings (SSSR count). The zero-order valence-electron chi connectivity index (χ0n) is 12.8. The summed E-state index contributed by atoms with van der Waals surface area (Å²) < 4.78 is 44.4. The largest absolute Gasteiger partial charge is 0.383 e. The lowest BCUT2D eigenvalue weighted by molar-refractivity contribution is 0.177. The van der Waals surface area contributed by atoms with E-state index in [9.17, 15) is 12.8 Å². The summed E-state index contributed by atoms with van der Waals surface area (Å²) in [5.41, 5.74) is 0. The van der Waals surface area contributed by atoms with Crippen LogP contribution in [0.2, 0.25) is 0 Å². The van der Waals surface area contributed by atoms with E-state index in [-0.39, 0.29) is 11.4 Å². The third-order valence-electron chi connectivity index (χ3n) is 3.01. The Morgan fingerprint density at radius 1 is 1.10 bits per heavy atom. The van der Waals surface area contributed by atoms with E-state index in [1.807, 2.05) is 19.0 Å². The molecule has 0 aliphatic heterocycles. The monoisotopic (exact) mass is 318 g/mol. The van der Waals surface area contributed by atoms with Gasteiger partial charge in [-0.2, -0.15) is 4.31 Å². The number of hydrogen-bond donors (Lipinski definition) is 0. The molecule has 21 heavy (non-hydrogen) atoms. The van der Waals surface area contributed by atoms with Crippen LogP contribution < -0.4 is 0 Å². The van der Waals surface area contributed by atoms with E-state index in [0.29, 0.717) is 13.2 Å². The van der Waals surface area contributed by atoms with Crippen molar-refractivity contribution < 1.29 is 17.5 Å². The number of ether oxygens (including phenoxy) is 1. The molecule has 0 aliphatic rings. The van der Waals surface area contributed by atoms with Gasteiger partial charge < -0.3 is 9.64 Å². The average molecular weight is 318 g/mol. The molecule has 1 aromatic carbocycles. The second kappa shape index (κ2) is 8.43. The van der Waals surface area contributed by atoms with Crippen molar-refractivity contribution in [3.63, 3.8) is 0 Å². The summed E-state index contributed by atoms with van der Waals surface area (Å²) in [6.45, 7) is 1.80. The highest BCUT2D eigenvalue weighted by Crippen LogP contribution is 2.16. The van der Waals surface area contributed by atoms with Crippen molar-refractivity contribution in [3.05, 3.63) is 30.1 Å². The molecular formula is C14H23FN2O3S. The second-order valence-corrected chi connectivity index (χ2v) is 6.95. The van der Waals surface area contributed by atoms with Gasteiger partial charge in [0, 0.05) is 20.2 Å². The van der Waals surface area contributed by atoms with Gasteiger partial charge in [-0.15, -0.1) is 0 Å². The van der Waals surface area contributed by atoms with Crippen molar-refractivity contribution >= 4 is 10.0 Å². The highest BCUT2D eigenvalue weighted by atomic mass is 32.2. The van der Waals surface area contributed by atoms with E-state index in [0.717, 1.165) is 25.1 Å². The van der Waals surface area contributed by atoms with Gasteiger partial charge in [-0.25, -0.2) is 12.8 Å². The lowest BCUT2D eigenvalue weighted by Crippen LogP contribution is -2.36. The van der Waals surface area contributed by atoms with E-state index >= 15 is 0 Å². The third-order valence-corrected chi connectivity index (χ3v) is 4.92. The Balaban J connectivity index is 2.86. The molecule has 0 saturated heterocycles. The van der Waals surface area contributed by atoms with Crippen molar-refractivity contribution in [3.8, 4) is 0 Å². The molecule has 0 radical (unpaired) electrons. The quantitative estimate of drug-likeness (QED) is 0.691. The molecule has 0 saturated carbocycles. The van der Waals surface area contributed by atoms with Gasteiger partial charge in [0.25, 0.3) is 0 Å². The molecule has 1 aromatic rings. The first kappa shape index (κ1) is 18.0. The van der Waals surface area contributed by atoms with Gasteiger partial charge in [-0.3, -0.25) is 0 Å². The van der Waals surface area contributed by atoms with Gasteiger partial charge in [0.05, 0.1) is 11.5 Å². The predicted octanol–water partition coefficient (Wildman–Crippen LogP) is 1.41. The van der Waals surface area contributed by atoms with Gasteiger partial charge in [0.15, 0.2) is 0 Å². The fraction of sp³-hybridized carbons (Fsp3) is 0.571. The Hall–Kier alpha value is -1.02. The summed E-state index contributed by atoms with van der Waals surface area (Å²) in [4.78, 5) is 2.10. The molecule has 0 aliphatic carbocycles. The zero-order valence-corrected chi connectivity index (χ0v) is 13.6. The van der Waals surface area contributed by atoms with Crippen molar-refractivity contribution in [1.82, 2.24) is 9.21 Å². The number of rotatable bonds is 9. The summed E-state index contributed by atoms with van der Waals surface area (Å²) in [6.07, 6.45) is 0.719. The van der Waals surface area contributed by atoms with Gasteiger partial charge in [-0.1, -0.05) is 0 Å². The number of benzene rings is 1. The van der Waals surface area contributed by atoms with Gasteiger partial charge in [0.2, 0.25) is 10.0 Å². The van der Waals surface area contributed by atoms with Gasteiger partial charge in [-0.05, 0) is 51.3 Å². The molecule has 0 N–H and O–H groups in total. The van der Waals surface area contributed by atoms with Crippen LogP contribution in [0.5, 0.6) is 0 Å². The van der Waals surface area contributed by atoms with Gasteiger partial charge >= 0.3 is 0 Å². The summed E-state index contributed by atoms with van der Waals surface area (Å²) in [6, 6.07) is 4.88. The number of halogens is 1. The maximum atomic E-state index is 12.9. The highest BCUT2D eigenvalue weighted by Gasteiger charge is 2.23. The number of methoxy groups -OCH3 is 1. The minimum absolute atomic E-state index is 0.102. The lowest BCUT2D eigenvalue weighted by Gasteiger charge is -2.22. The lowest BCUT2D eigenvalue weighted by atomic mass is 10.4. The maximum absolute atomic E-state index is 12.9. The molecule has 5 nitrogen and oxygen atoms in total. The van der Waals surface area contributed by atoms with Crippen LogP contribution in [0.4, 0.5) is 4.39 Å². The first-order valence-electron chi connectivity index (χ1n) is 6.77. The third kappa shape index (κ3) is 5.70. The van der Waals surface area contributed by atoms with Crippen molar-refractivity contribution in [1.29, 1.82) is 0 Å². The van der Waals surface area contributed by atoms with Crippen LogP contribution in [-0.2, 0) is 14.8 Å². The molecule has 0 fully saturated rings. The molecular weight excluding hydrogens is 295 g/mol. The first-order chi connectivity index (χ1) is 9.87. The van der Waals surface area contributed by atoms with Crippen LogP contribution in [0, 0.1) is 5.82 Å². The van der Waals surface area contributed by atoms with Crippen LogP contribution in [0.3, 0.4) is 0 Å². The maximum Gasteiger partial charge on any atom is 0.243 e. The fourth-order valence-corrected chi connectivity index (χ4v) is 3.33. The molecule has 0 atom stereocenters. The van der Waals surface area contributed by atoms with Crippen molar-refractivity contribution in [2.75, 3.05) is 47.4 Å².